The predicted octanol–water partition coefficient (Wildman–Crippen LogP) is 20.8. The number of hydrogen-bond acceptors (Lipinski definition) is 7. The van der Waals surface area contributed by atoms with Crippen molar-refractivity contribution in [3.63, 3.8) is 0 Å². The number of hydrogen-bond donors (Lipinski definition) is 1. The molecule has 0 radical (unpaired) electrons. The van der Waals surface area contributed by atoms with E-state index in [1.54, 1.807) is 0 Å². The van der Waals surface area contributed by atoms with Crippen molar-refractivity contribution in [2.24, 2.45) is 0 Å². The van der Waals surface area contributed by atoms with E-state index in [4.69, 9.17) is 18.9 Å². The molecule has 0 aliphatic rings. The maximum atomic E-state index is 12.9. The lowest BCUT2D eigenvalue weighted by Crippen LogP contribution is -2.40. The van der Waals surface area contributed by atoms with Crippen LogP contribution in [-0.2, 0) is 33.3 Å². The molecule has 0 saturated carbocycles. The Morgan fingerprint density at radius 2 is 0.684 bits per heavy atom. The fourth-order valence-corrected chi connectivity index (χ4v) is 10.1. The lowest BCUT2D eigenvalue weighted by molar-refractivity contribution is -0.870. The van der Waals surface area contributed by atoms with Crippen molar-refractivity contribution in [3.8, 4) is 0 Å². The summed E-state index contributed by atoms with van der Waals surface area (Å²) in [6.07, 6.45) is 73.9. The van der Waals surface area contributed by atoms with E-state index < -0.39 is 18.4 Å². The van der Waals surface area contributed by atoms with Gasteiger partial charge in [0.05, 0.1) is 34.4 Å². The summed E-state index contributed by atoms with van der Waals surface area (Å²) in [4.78, 5) is 37.6. The molecule has 0 aliphatic carbocycles. The van der Waals surface area contributed by atoms with Crippen molar-refractivity contribution >= 4 is 17.9 Å². The summed E-state index contributed by atoms with van der Waals surface area (Å²) in [5.41, 5.74) is 0. The van der Waals surface area contributed by atoms with Gasteiger partial charge in [0.25, 0.3) is 6.29 Å². The second-order valence-corrected chi connectivity index (χ2v) is 24.5. The highest BCUT2D eigenvalue weighted by Gasteiger charge is 2.25. The topological polar surface area (TPSA) is 108 Å². The average molecular weight is 1120 g/mol. The predicted molar refractivity (Wildman–Crippen MR) is 337 cm³/mol. The number of carbonyl (C=O) groups is 3. The van der Waals surface area contributed by atoms with Crippen LogP contribution in [0.1, 0.15) is 335 Å². The number of nitrogens with zero attached hydrogens (tertiary/aromatic N) is 1. The first kappa shape index (κ1) is 76.5. The van der Waals surface area contributed by atoms with Crippen molar-refractivity contribution in [1.82, 2.24) is 0 Å². The molecule has 9 nitrogen and oxygen atoms in total. The molecule has 79 heavy (non-hydrogen) atoms. The zero-order valence-corrected chi connectivity index (χ0v) is 53.1. The van der Waals surface area contributed by atoms with Crippen molar-refractivity contribution in [3.05, 3.63) is 36.5 Å². The summed E-state index contributed by atoms with van der Waals surface area (Å²) in [6.45, 7) is 4.93. The molecule has 464 valence electrons. The maximum Gasteiger partial charge on any atom is 0.361 e. The Kier molecular flexibility index (Phi) is 59.6. The molecule has 0 aromatic rings. The average Bonchev–Trinajstić information content (AvgIpc) is 3.42. The highest BCUT2D eigenvalue weighted by molar-refractivity contribution is 5.71. The first-order valence-electron chi connectivity index (χ1n) is 34.2. The van der Waals surface area contributed by atoms with Gasteiger partial charge < -0.3 is 28.5 Å². The molecule has 9 heteroatoms. The van der Waals surface area contributed by atoms with Crippen LogP contribution < -0.4 is 0 Å². The van der Waals surface area contributed by atoms with Crippen LogP contribution in [0.25, 0.3) is 0 Å². The molecular weight excluding hydrogens is 983 g/mol. The highest BCUT2D eigenvalue weighted by Crippen LogP contribution is 2.18. The van der Waals surface area contributed by atoms with Gasteiger partial charge in [-0.1, -0.05) is 307 Å². The second kappa shape index (κ2) is 61.6. The largest absolute Gasteiger partial charge is 0.477 e. The molecule has 0 heterocycles. The van der Waals surface area contributed by atoms with Crippen LogP contribution in [0.15, 0.2) is 36.5 Å². The molecule has 0 saturated heterocycles. The molecular formula is C70H132NO8+. The number of unbranched alkanes of at least 4 members (excludes halogenated alkanes) is 43. The van der Waals surface area contributed by atoms with Crippen LogP contribution in [0, 0.1) is 0 Å². The Bertz CT molecular complexity index is 1390. The smallest absolute Gasteiger partial charge is 0.361 e. The SMILES string of the molecule is CCCCCCC/C=C\C/C=C\C/C=C\CCCCCCCCCCCCCCCCC(=O)OC(COC(=O)CCCCCCCCCCCCCCCCCCCCCCCCCCC)COC(OCC[N+](C)(C)C)C(=O)O. The number of esters is 2. The first-order chi connectivity index (χ1) is 38.6. The lowest BCUT2D eigenvalue weighted by atomic mass is 10.0. The van der Waals surface area contributed by atoms with Crippen LogP contribution in [0.4, 0.5) is 0 Å². The van der Waals surface area contributed by atoms with Gasteiger partial charge in [-0.25, -0.2) is 4.79 Å². The number of carboxylic acids is 1. The van der Waals surface area contributed by atoms with E-state index in [1.807, 2.05) is 21.1 Å². The van der Waals surface area contributed by atoms with Crippen molar-refractivity contribution in [1.29, 1.82) is 0 Å². The molecule has 1 N–H and O–H groups in total. The number of carboxylic acid groups (broad SMARTS) is 1. The van der Waals surface area contributed by atoms with Crippen molar-refractivity contribution in [2.45, 2.75) is 347 Å². The number of carbonyl (C=O) groups excluding carboxylic acids is 2. The molecule has 0 spiro atoms. The van der Waals surface area contributed by atoms with Gasteiger partial charge >= 0.3 is 17.9 Å². The van der Waals surface area contributed by atoms with Crippen LogP contribution in [0.2, 0.25) is 0 Å². The van der Waals surface area contributed by atoms with E-state index in [1.165, 1.54) is 257 Å². The van der Waals surface area contributed by atoms with E-state index in [2.05, 4.69) is 50.3 Å². The fourth-order valence-electron chi connectivity index (χ4n) is 10.1. The Labute approximate surface area is 490 Å². The summed E-state index contributed by atoms with van der Waals surface area (Å²) < 4.78 is 23.0. The zero-order chi connectivity index (χ0) is 57.6. The highest BCUT2D eigenvalue weighted by atomic mass is 16.7. The van der Waals surface area contributed by atoms with Crippen molar-refractivity contribution in [2.75, 3.05) is 47.5 Å². The minimum atomic E-state index is -1.51. The lowest BCUT2D eigenvalue weighted by Gasteiger charge is -2.25. The van der Waals surface area contributed by atoms with E-state index in [-0.39, 0.29) is 38.2 Å². The Morgan fingerprint density at radius 3 is 1.01 bits per heavy atom. The summed E-state index contributed by atoms with van der Waals surface area (Å²) >= 11 is 0. The van der Waals surface area contributed by atoms with Gasteiger partial charge in [0.1, 0.15) is 13.2 Å². The molecule has 0 aliphatic heterocycles. The molecule has 0 amide bonds. The van der Waals surface area contributed by atoms with Gasteiger partial charge in [-0.15, -0.1) is 0 Å². The third-order valence-electron chi connectivity index (χ3n) is 15.4. The molecule has 0 aromatic heterocycles. The standard InChI is InChI=1S/C70H131NO8/c1-6-8-10-12-14-16-18-20-22-24-26-28-30-32-33-34-35-37-39-41-43-45-47-49-51-53-55-57-59-61-68(73)79-66(65-78-70(69(74)75)76-63-62-71(3,4)5)64-77-67(72)60-58-56-54-52-50-48-46-44-42-40-38-36-31-29-27-25-23-21-19-17-15-13-11-9-7-2/h18,20,24,26,30,32,66,70H,6-17,19,21-23,25,27-29,31,33-65H2,1-5H3/p+1/b20-18-,26-24-,32-30-. The van der Waals surface area contributed by atoms with Crippen LogP contribution in [0.3, 0.4) is 0 Å². The number of allylic oxidation sites excluding steroid dienone is 6. The molecule has 0 rings (SSSR count). The Morgan fingerprint density at radius 1 is 0.380 bits per heavy atom. The Hall–Kier alpha value is -2.49. The summed E-state index contributed by atoms with van der Waals surface area (Å²) in [6, 6.07) is 0. The van der Waals surface area contributed by atoms with Crippen LogP contribution in [0.5, 0.6) is 0 Å². The van der Waals surface area contributed by atoms with Crippen molar-refractivity contribution < 1.29 is 42.9 Å². The second-order valence-electron chi connectivity index (χ2n) is 24.5. The number of ether oxygens (including phenoxy) is 4. The molecule has 2 atom stereocenters. The number of likely N-dealkylation sites (N-methyl/N-ethyl adjacent to an activating group) is 1. The molecule has 0 fully saturated rings. The van der Waals surface area contributed by atoms with Crippen LogP contribution in [-0.4, -0.2) is 87.4 Å². The molecule has 0 bridgehead atoms. The molecule has 2 unspecified atom stereocenters. The summed E-state index contributed by atoms with van der Waals surface area (Å²) in [5, 5.41) is 9.74. The van der Waals surface area contributed by atoms with E-state index in [0.717, 1.165) is 51.4 Å². The quantitative estimate of drug-likeness (QED) is 0.0211. The van der Waals surface area contributed by atoms with Gasteiger partial charge in [-0.05, 0) is 51.4 Å². The van der Waals surface area contributed by atoms with E-state index >= 15 is 0 Å². The van der Waals surface area contributed by atoms with Crippen LogP contribution >= 0.6 is 0 Å². The van der Waals surface area contributed by atoms with E-state index in [0.29, 0.717) is 17.4 Å². The summed E-state index contributed by atoms with van der Waals surface area (Å²) in [7, 11) is 5.99. The maximum absolute atomic E-state index is 12.9. The number of aliphatic carboxylic acids is 1. The van der Waals surface area contributed by atoms with Gasteiger partial charge in [0, 0.05) is 12.8 Å². The zero-order valence-electron chi connectivity index (χ0n) is 53.1. The fraction of sp³-hybridized carbons (Fsp3) is 0.871. The Balaban J connectivity index is 4.11. The number of quaternary nitrogens is 1. The minimum Gasteiger partial charge on any atom is -0.477 e. The monoisotopic (exact) mass is 1110 g/mol. The van der Waals surface area contributed by atoms with E-state index in [9.17, 15) is 19.5 Å². The van der Waals surface area contributed by atoms with Gasteiger partial charge in [-0.2, -0.15) is 0 Å². The summed E-state index contributed by atoms with van der Waals surface area (Å²) in [5.74, 6) is -1.98. The third-order valence-corrected chi connectivity index (χ3v) is 15.4. The number of rotatable bonds is 64. The third kappa shape index (κ3) is 63.0. The van der Waals surface area contributed by atoms with Gasteiger partial charge in [0.15, 0.2) is 6.10 Å². The first-order valence-corrected chi connectivity index (χ1v) is 34.2. The molecule has 0 aromatic carbocycles. The van der Waals surface area contributed by atoms with Gasteiger partial charge in [0.2, 0.25) is 0 Å². The van der Waals surface area contributed by atoms with Gasteiger partial charge in [-0.3, -0.25) is 9.59 Å². The minimum absolute atomic E-state index is 0.177. The normalized spacial score (nSPS) is 12.9.